The molecule has 0 heterocycles. The molecule has 0 aliphatic carbocycles. The Morgan fingerprint density at radius 2 is 2.00 bits per heavy atom. The lowest BCUT2D eigenvalue weighted by Gasteiger charge is -2.15. The molecule has 1 N–H and O–H groups in total. The van der Waals surface area contributed by atoms with E-state index in [1.54, 1.807) is 18.2 Å². The van der Waals surface area contributed by atoms with Crippen molar-refractivity contribution < 1.29 is 19.4 Å². The van der Waals surface area contributed by atoms with E-state index in [1.807, 2.05) is 6.92 Å². The van der Waals surface area contributed by atoms with E-state index in [1.165, 1.54) is 7.11 Å². The number of carboxylic acids is 1. The van der Waals surface area contributed by atoms with Gasteiger partial charge in [0.25, 0.3) is 0 Å². The van der Waals surface area contributed by atoms with E-state index in [2.05, 4.69) is 13.8 Å². The summed E-state index contributed by atoms with van der Waals surface area (Å²) >= 11 is 0. The average molecular weight is 266 g/mol. The zero-order valence-corrected chi connectivity index (χ0v) is 12.0. The second-order valence-corrected chi connectivity index (χ2v) is 5.09. The van der Waals surface area contributed by atoms with Crippen LogP contribution in [-0.4, -0.2) is 24.3 Å². The topological polar surface area (TPSA) is 55.8 Å². The van der Waals surface area contributed by atoms with Crippen molar-refractivity contribution in [1.82, 2.24) is 0 Å². The fourth-order valence-corrected chi connectivity index (χ4v) is 1.97. The van der Waals surface area contributed by atoms with Crippen LogP contribution >= 0.6 is 0 Å². The lowest BCUT2D eigenvalue weighted by molar-refractivity contribution is 0.0395. The third-order valence-corrected chi connectivity index (χ3v) is 2.83. The zero-order chi connectivity index (χ0) is 14.4. The maximum absolute atomic E-state index is 11.0. The number of benzene rings is 1. The van der Waals surface area contributed by atoms with Crippen LogP contribution < -0.4 is 4.74 Å². The summed E-state index contributed by atoms with van der Waals surface area (Å²) in [4.78, 5) is 11.0. The van der Waals surface area contributed by atoms with Crippen LogP contribution in [0.5, 0.6) is 5.75 Å². The molecule has 0 aliphatic heterocycles. The molecule has 1 aromatic carbocycles. The molecule has 4 nitrogen and oxygen atoms in total. The molecule has 19 heavy (non-hydrogen) atoms. The van der Waals surface area contributed by atoms with Crippen molar-refractivity contribution in [1.29, 1.82) is 0 Å². The van der Waals surface area contributed by atoms with E-state index in [4.69, 9.17) is 14.6 Å². The molecule has 0 saturated carbocycles. The normalized spacial score (nSPS) is 12.5. The number of rotatable bonds is 7. The summed E-state index contributed by atoms with van der Waals surface area (Å²) in [6.45, 7) is 6.82. The Labute approximate surface area is 114 Å². The van der Waals surface area contributed by atoms with E-state index in [0.717, 1.165) is 12.0 Å². The van der Waals surface area contributed by atoms with Gasteiger partial charge < -0.3 is 14.6 Å². The number of methoxy groups -OCH3 is 1. The monoisotopic (exact) mass is 266 g/mol. The van der Waals surface area contributed by atoms with Crippen molar-refractivity contribution in [2.75, 3.05) is 7.11 Å². The summed E-state index contributed by atoms with van der Waals surface area (Å²) in [5.41, 5.74) is 1.08. The predicted molar refractivity (Wildman–Crippen MR) is 73.7 cm³/mol. The lowest BCUT2D eigenvalue weighted by atomic mass is 10.1. The van der Waals surface area contributed by atoms with Gasteiger partial charge in [-0.15, -0.1) is 0 Å². The predicted octanol–water partition coefficient (Wildman–Crippen LogP) is 3.34. The molecule has 4 heteroatoms. The Hall–Kier alpha value is -1.55. The zero-order valence-electron chi connectivity index (χ0n) is 12.0. The average Bonchev–Trinajstić information content (AvgIpc) is 2.34. The first-order valence-electron chi connectivity index (χ1n) is 6.45. The van der Waals surface area contributed by atoms with Gasteiger partial charge in [0, 0.05) is 0 Å². The van der Waals surface area contributed by atoms with Crippen LogP contribution in [0.2, 0.25) is 0 Å². The highest BCUT2D eigenvalue weighted by Gasteiger charge is 2.12. The Morgan fingerprint density at radius 3 is 2.53 bits per heavy atom. The van der Waals surface area contributed by atoms with Gasteiger partial charge in [-0.25, -0.2) is 4.79 Å². The Bertz CT molecular complexity index is 426. The summed E-state index contributed by atoms with van der Waals surface area (Å²) < 4.78 is 10.8. The van der Waals surface area contributed by atoms with Crippen molar-refractivity contribution in [2.24, 2.45) is 5.92 Å². The molecule has 1 unspecified atom stereocenters. The summed E-state index contributed by atoms with van der Waals surface area (Å²) in [7, 11) is 1.47. The minimum Gasteiger partial charge on any atom is -0.496 e. The van der Waals surface area contributed by atoms with Crippen molar-refractivity contribution >= 4 is 5.97 Å². The largest absolute Gasteiger partial charge is 0.496 e. The fraction of sp³-hybridized carbons (Fsp3) is 0.533. The van der Waals surface area contributed by atoms with Gasteiger partial charge in [0.05, 0.1) is 19.8 Å². The molecular formula is C15H22O4. The SMILES string of the molecule is COc1cc(COC(C)CC(C)C)ccc1C(=O)O. The molecule has 0 spiro atoms. The van der Waals surface area contributed by atoms with Gasteiger partial charge in [0.2, 0.25) is 0 Å². The van der Waals surface area contributed by atoms with Crippen LogP contribution in [0.25, 0.3) is 0 Å². The molecule has 1 atom stereocenters. The Morgan fingerprint density at radius 1 is 1.32 bits per heavy atom. The number of carbonyl (C=O) groups is 1. The van der Waals surface area contributed by atoms with Crippen molar-refractivity contribution in [3.05, 3.63) is 29.3 Å². The Balaban J connectivity index is 2.67. The maximum atomic E-state index is 11.0. The second kappa shape index (κ2) is 7.14. The van der Waals surface area contributed by atoms with Gasteiger partial charge in [-0.3, -0.25) is 0 Å². The molecule has 0 aromatic heterocycles. The number of aromatic carboxylic acids is 1. The van der Waals surface area contributed by atoms with E-state index < -0.39 is 5.97 Å². The molecule has 1 aromatic rings. The van der Waals surface area contributed by atoms with E-state index in [0.29, 0.717) is 18.3 Å². The van der Waals surface area contributed by atoms with Crippen molar-refractivity contribution in [3.63, 3.8) is 0 Å². The summed E-state index contributed by atoms with van der Waals surface area (Å²) in [5, 5.41) is 8.99. The van der Waals surface area contributed by atoms with Gasteiger partial charge in [0.15, 0.2) is 0 Å². The van der Waals surface area contributed by atoms with Gasteiger partial charge >= 0.3 is 5.97 Å². The van der Waals surface area contributed by atoms with Crippen LogP contribution in [0.1, 0.15) is 43.1 Å². The van der Waals surface area contributed by atoms with Crippen molar-refractivity contribution in [2.45, 2.75) is 39.9 Å². The summed E-state index contributed by atoms with van der Waals surface area (Å²) in [6.07, 6.45) is 1.19. The van der Waals surface area contributed by atoms with Gasteiger partial charge in [0.1, 0.15) is 11.3 Å². The van der Waals surface area contributed by atoms with E-state index in [9.17, 15) is 4.79 Å². The minimum absolute atomic E-state index is 0.168. The molecule has 0 fully saturated rings. The molecule has 0 saturated heterocycles. The van der Waals surface area contributed by atoms with Crippen LogP contribution in [-0.2, 0) is 11.3 Å². The van der Waals surface area contributed by atoms with Gasteiger partial charge in [-0.05, 0) is 37.0 Å². The molecule has 0 amide bonds. The highest BCUT2D eigenvalue weighted by atomic mass is 16.5. The maximum Gasteiger partial charge on any atom is 0.339 e. The standard InChI is InChI=1S/C15H22O4/c1-10(2)7-11(3)19-9-12-5-6-13(15(16)17)14(8-12)18-4/h5-6,8,10-11H,7,9H2,1-4H3,(H,16,17). The minimum atomic E-state index is -0.988. The molecular weight excluding hydrogens is 244 g/mol. The summed E-state index contributed by atoms with van der Waals surface area (Å²) in [6, 6.07) is 5.02. The first-order chi connectivity index (χ1) is 8.93. The first-order valence-corrected chi connectivity index (χ1v) is 6.45. The quantitative estimate of drug-likeness (QED) is 0.822. The fourth-order valence-electron chi connectivity index (χ4n) is 1.97. The Kier molecular flexibility index (Phi) is 5.83. The van der Waals surface area contributed by atoms with Gasteiger partial charge in [-0.1, -0.05) is 19.9 Å². The third kappa shape index (κ3) is 4.91. The molecule has 0 radical (unpaired) electrons. The van der Waals surface area contributed by atoms with E-state index >= 15 is 0 Å². The number of hydrogen-bond donors (Lipinski definition) is 1. The molecule has 1 rings (SSSR count). The smallest absolute Gasteiger partial charge is 0.339 e. The van der Waals surface area contributed by atoms with Gasteiger partial charge in [-0.2, -0.15) is 0 Å². The highest BCUT2D eigenvalue weighted by Crippen LogP contribution is 2.21. The second-order valence-electron chi connectivity index (χ2n) is 5.09. The van der Waals surface area contributed by atoms with Crippen LogP contribution in [0, 0.1) is 5.92 Å². The van der Waals surface area contributed by atoms with E-state index in [-0.39, 0.29) is 11.7 Å². The van der Waals surface area contributed by atoms with Crippen molar-refractivity contribution in [3.8, 4) is 5.75 Å². The molecule has 106 valence electrons. The number of carboxylic acid groups (broad SMARTS) is 1. The first kappa shape index (κ1) is 15.5. The van der Waals surface area contributed by atoms with Crippen LogP contribution in [0.15, 0.2) is 18.2 Å². The van der Waals surface area contributed by atoms with Crippen LogP contribution in [0.3, 0.4) is 0 Å². The third-order valence-electron chi connectivity index (χ3n) is 2.83. The highest BCUT2D eigenvalue weighted by molar-refractivity contribution is 5.90. The molecule has 0 aliphatic rings. The lowest BCUT2D eigenvalue weighted by Crippen LogP contribution is -2.11. The van der Waals surface area contributed by atoms with Crippen LogP contribution in [0.4, 0.5) is 0 Å². The number of hydrogen-bond acceptors (Lipinski definition) is 3. The molecule has 0 bridgehead atoms. The summed E-state index contributed by atoms with van der Waals surface area (Å²) in [5.74, 6) is -0.0264. The number of ether oxygens (including phenoxy) is 2.